The molecule has 2 aromatic heterocycles. The Hall–Kier alpha value is -3.52. The minimum Gasteiger partial charge on any atom is -0.420 e. The van der Waals surface area contributed by atoms with Gasteiger partial charge in [0.25, 0.3) is 11.8 Å². The Morgan fingerprint density at radius 2 is 2.00 bits per heavy atom. The van der Waals surface area contributed by atoms with Crippen LogP contribution in [-0.4, -0.2) is 25.9 Å². The Labute approximate surface area is 189 Å². The average Bonchev–Trinajstić information content (AvgIpc) is 3.41. The highest BCUT2D eigenvalue weighted by atomic mass is 35.5. The topological polar surface area (TPSA) is 85.8 Å². The molecule has 0 aliphatic rings. The summed E-state index contributed by atoms with van der Waals surface area (Å²) < 4.78 is 20.6. The zero-order valence-corrected chi connectivity index (χ0v) is 18.5. The Morgan fingerprint density at radius 1 is 1.19 bits per heavy atom. The summed E-state index contributed by atoms with van der Waals surface area (Å²) in [7, 11) is 0. The first-order valence-corrected chi connectivity index (χ1v) is 10.4. The first-order chi connectivity index (χ1) is 15.3. The maximum atomic E-state index is 13.3. The molecule has 2 heterocycles. The van der Waals surface area contributed by atoms with Gasteiger partial charge in [-0.25, -0.2) is 9.07 Å². The number of hydrogen-bond acceptors (Lipinski definition) is 5. The van der Waals surface area contributed by atoms with Gasteiger partial charge in [-0.2, -0.15) is 5.10 Å². The minimum atomic E-state index is -0.496. The summed E-state index contributed by atoms with van der Waals surface area (Å²) in [4.78, 5) is 12.7. The number of amides is 1. The number of rotatable bonds is 6. The maximum Gasteiger partial charge on any atom is 0.268 e. The summed E-state index contributed by atoms with van der Waals surface area (Å²) in [5.41, 5.74) is 3.41. The van der Waals surface area contributed by atoms with E-state index in [2.05, 4.69) is 34.5 Å². The highest BCUT2D eigenvalue weighted by Gasteiger charge is 2.18. The molecule has 0 saturated heterocycles. The Bertz CT molecular complexity index is 1280. The number of hydrogen-bond donors (Lipinski definition) is 1. The molecule has 0 aliphatic carbocycles. The molecule has 4 rings (SSSR count). The van der Waals surface area contributed by atoms with E-state index in [0.717, 1.165) is 11.4 Å². The highest BCUT2D eigenvalue weighted by Crippen LogP contribution is 2.26. The summed E-state index contributed by atoms with van der Waals surface area (Å²) in [6.07, 6.45) is 0. The van der Waals surface area contributed by atoms with Crippen molar-refractivity contribution >= 4 is 17.5 Å². The minimum absolute atomic E-state index is 0.0193. The van der Waals surface area contributed by atoms with Gasteiger partial charge in [-0.15, -0.1) is 10.2 Å². The lowest BCUT2D eigenvalue weighted by molar-refractivity contribution is 0.0951. The van der Waals surface area contributed by atoms with E-state index in [4.69, 9.17) is 16.0 Å². The van der Waals surface area contributed by atoms with E-state index < -0.39 is 5.82 Å². The highest BCUT2D eigenvalue weighted by molar-refractivity contribution is 6.30. The lowest BCUT2D eigenvalue weighted by atomic mass is 10.1. The fourth-order valence-electron chi connectivity index (χ4n) is 3.23. The summed E-state index contributed by atoms with van der Waals surface area (Å²) in [6.45, 7) is 6.06. The molecule has 7 nitrogen and oxygen atoms in total. The molecule has 2 aromatic carbocycles. The van der Waals surface area contributed by atoms with E-state index in [1.165, 1.54) is 12.1 Å². The molecule has 32 heavy (non-hydrogen) atoms. The van der Waals surface area contributed by atoms with E-state index in [1.54, 1.807) is 35.9 Å². The summed E-state index contributed by atoms with van der Waals surface area (Å²) >= 11 is 5.81. The Kier molecular flexibility index (Phi) is 6.05. The number of carbonyl (C=O) groups is 1. The molecule has 1 N–H and O–H groups in total. The number of benzene rings is 2. The van der Waals surface area contributed by atoms with Gasteiger partial charge in [0, 0.05) is 24.7 Å². The van der Waals surface area contributed by atoms with Crippen LogP contribution >= 0.6 is 11.6 Å². The van der Waals surface area contributed by atoms with Crippen LogP contribution in [0.4, 0.5) is 4.39 Å². The number of halogens is 2. The summed E-state index contributed by atoms with van der Waals surface area (Å²) in [5.74, 6) is 0.209. The smallest absolute Gasteiger partial charge is 0.268 e. The third kappa shape index (κ3) is 4.55. The average molecular weight is 454 g/mol. The molecule has 9 heteroatoms. The van der Waals surface area contributed by atoms with Crippen molar-refractivity contribution < 1.29 is 13.6 Å². The maximum absolute atomic E-state index is 13.3. The van der Waals surface area contributed by atoms with Crippen LogP contribution in [0.15, 0.2) is 52.9 Å². The Morgan fingerprint density at radius 3 is 2.69 bits per heavy atom. The van der Waals surface area contributed by atoms with Crippen LogP contribution in [0.3, 0.4) is 0 Å². The molecule has 0 atom stereocenters. The van der Waals surface area contributed by atoms with Gasteiger partial charge in [0.15, 0.2) is 0 Å². The number of nitrogens with zero attached hydrogens (tertiary/aromatic N) is 4. The quantitative estimate of drug-likeness (QED) is 0.440. The predicted molar refractivity (Wildman–Crippen MR) is 118 cm³/mol. The largest absolute Gasteiger partial charge is 0.420 e. The van der Waals surface area contributed by atoms with Gasteiger partial charge in [-0.3, -0.25) is 4.79 Å². The second-order valence-corrected chi connectivity index (χ2v) is 8.04. The van der Waals surface area contributed by atoms with Crippen LogP contribution in [0, 0.1) is 12.7 Å². The van der Waals surface area contributed by atoms with Crippen LogP contribution in [0.2, 0.25) is 5.02 Å². The molecule has 0 spiro atoms. The fraction of sp³-hybridized carbons (Fsp3) is 0.217. The van der Waals surface area contributed by atoms with Crippen LogP contribution in [-0.2, 0) is 6.54 Å². The van der Waals surface area contributed by atoms with Crippen molar-refractivity contribution in [3.8, 4) is 17.3 Å². The van der Waals surface area contributed by atoms with Gasteiger partial charge in [0.1, 0.15) is 11.5 Å². The van der Waals surface area contributed by atoms with E-state index in [9.17, 15) is 9.18 Å². The summed E-state index contributed by atoms with van der Waals surface area (Å²) in [5, 5.41) is 15.4. The van der Waals surface area contributed by atoms with Crippen molar-refractivity contribution in [3.05, 3.63) is 82.1 Å². The molecule has 0 fully saturated rings. The molecule has 164 valence electrons. The van der Waals surface area contributed by atoms with Gasteiger partial charge in [0.2, 0.25) is 5.89 Å². The van der Waals surface area contributed by atoms with Crippen molar-refractivity contribution in [2.24, 2.45) is 0 Å². The first kappa shape index (κ1) is 21.7. The van der Waals surface area contributed by atoms with E-state index in [-0.39, 0.29) is 23.4 Å². The molecular weight excluding hydrogens is 433 g/mol. The lowest BCUT2D eigenvalue weighted by Crippen LogP contribution is -2.23. The third-order valence-electron chi connectivity index (χ3n) is 4.86. The fourth-order valence-corrected chi connectivity index (χ4v) is 3.43. The zero-order chi connectivity index (χ0) is 22.8. The first-order valence-electron chi connectivity index (χ1n) is 10.0. The van der Waals surface area contributed by atoms with Gasteiger partial charge in [-0.1, -0.05) is 37.6 Å². The lowest BCUT2D eigenvalue weighted by Gasteiger charge is -2.11. The van der Waals surface area contributed by atoms with Crippen molar-refractivity contribution in [1.82, 2.24) is 25.3 Å². The molecule has 0 aliphatic heterocycles. The van der Waals surface area contributed by atoms with Crippen molar-refractivity contribution in [1.29, 1.82) is 0 Å². The number of carbonyl (C=O) groups excluding carboxylic acids is 1. The molecule has 0 saturated carbocycles. The van der Waals surface area contributed by atoms with Gasteiger partial charge in [-0.05, 0) is 47.9 Å². The molecule has 0 bridgehead atoms. The van der Waals surface area contributed by atoms with Crippen LogP contribution in [0.25, 0.3) is 17.3 Å². The zero-order valence-electron chi connectivity index (χ0n) is 17.8. The van der Waals surface area contributed by atoms with Crippen molar-refractivity contribution in [2.45, 2.75) is 33.2 Å². The van der Waals surface area contributed by atoms with E-state index in [1.807, 2.05) is 12.1 Å². The van der Waals surface area contributed by atoms with Gasteiger partial charge in [0.05, 0.1) is 10.7 Å². The monoisotopic (exact) mass is 453 g/mol. The molecule has 1 amide bonds. The second kappa shape index (κ2) is 8.92. The normalized spacial score (nSPS) is 11.2. The second-order valence-electron chi connectivity index (χ2n) is 7.63. The summed E-state index contributed by atoms with van der Waals surface area (Å²) in [6, 6.07) is 13.4. The van der Waals surface area contributed by atoms with Crippen LogP contribution in [0.1, 0.15) is 47.3 Å². The SMILES string of the molecule is Cc1nnc(-c2cc(C(C)C)n(-c3cccc(C(=O)NCc4ccc(F)c(Cl)c4)c3)n2)o1. The van der Waals surface area contributed by atoms with Crippen molar-refractivity contribution in [3.63, 3.8) is 0 Å². The molecule has 4 aromatic rings. The van der Waals surface area contributed by atoms with E-state index in [0.29, 0.717) is 28.6 Å². The third-order valence-corrected chi connectivity index (χ3v) is 5.15. The molecular formula is C23H21ClFN5O2. The molecule has 0 radical (unpaired) electrons. The number of aromatic nitrogens is 4. The number of nitrogens with one attached hydrogen (secondary N) is 1. The van der Waals surface area contributed by atoms with Gasteiger partial charge >= 0.3 is 0 Å². The standard InChI is InChI=1S/C23H21ClFN5O2/c1-13(2)21-11-20(23-28-27-14(3)32-23)29-30(21)17-6-4-5-16(10-17)22(31)26-12-15-7-8-19(25)18(24)9-15/h4-11,13H,12H2,1-3H3,(H,26,31). The Balaban J connectivity index is 1.59. The predicted octanol–water partition coefficient (Wildman–Crippen LogP) is 5.08. The van der Waals surface area contributed by atoms with Crippen LogP contribution in [0.5, 0.6) is 0 Å². The van der Waals surface area contributed by atoms with Crippen LogP contribution < -0.4 is 5.32 Å². The number of aryl methyl sites for hydroxylation is 1. The van der Waals surface area contributed by atoms with E-state index >= 15 is 0 Å². The molecule has 0 unspecified atom stereocenters. The van der Waals surface area contributed by atoms with Gasteiger partial charge < -0.3 is 9.73 Å². The van der Waals surface area contributed by atoms with Crippen molar-refractivity contribution in [2.75, 3.05) is 0 Å².